The number of carboxylic acid groups (broad SMARTS) is 1. The fourth-order valence-electron chi connectivity index (χ4n) is 3.58. The monoisotopic (exact) mass is 197 g/mol. The molecule has 0 aliphatic heterocycles. The lowest BCUT2D eigenvalue weighted by Gasteiger charge is -2.41. The Kier molecular flexibility index (Phi) is 1.65. The number of carboxylic acids is 1. The highest BCUT2D eigenvalue weighted by Crippen LogP contribution is 2.71. The van der Waals surface area contributed by atoms with Crippen LogP contribution in [0.3, 0.4) is 0 Å². The summed E-state index contributed by atoms with van der Waals surface area (Å²) in [6.45, 7) is 5.90. The molecule has 0 spiro atoms. The van der Waals surface area contributed by atoms with E-state index in [1.807, 2.05) is 20.8 Å². The van der Waals surface area contributed by atoms with Crippen LogP contribution in [-0.2, 0) is 4.79 Å². The molecule has 2 aliphatic rings. The summed E-state index contributed by atoms with van der Waals surface area (Å²) in [5.41, 5.74) is -1.42. The summed E-state index contributed by atoms with van der Waals surface area (Å²) in [6, 6.07) is 0. The highest BCUT2D eigenvalue weighted by atomic mass is 16.4. The first kappa shape index (κ1) is 9.97. The zero-order valence-electron chi connectivity index (χ0n) is 8.96. The van der Waals surface area contributed by atoms with Crippen molar-refractivity contribution in [3.05, 3.63) is 0 Å². The number of aliphatic hydroxyl groups is 1. The van der Waals surface area contributed by atoms with Gasteiger partial charge in [0.2, 0.25) is 0 Å². The fraction of sp³-hybridized carbons (Fsp3) is 0.909. The normalized spacial score (nSPS) is 49.6. The molecular weight excluding hydrogens is 180 g/mol. The Morgan fingerprint density at radius 2 is 1.93 bits per heavy atom. The summed E-state index contributed by atoms with van der Waals surface area (Å²) < 4.78 is 0. The lowest BCUT2D eigenvalue weighted by atomic mass is 9.65. The molecule has 2 aliphatic carbocycles. The van der Waals surface area contributed by atoms with Crippen molar-refractivity contribution < 1.29 is 15.0 Å². The number of fused-ring (bicyclic) bond motifs is 2. The van der Waals surface area contributed by atoms with E-state index in [9.17, 15) is 15.0 Å². The lowest BCUT2D eigenvalue weighted by Crippen LogP contribution is -2.47. The van der Waals surface area contributed by atoms with Gasteiger partial charge in [-0.1, -0.05) is 20.8 Å². The van der Waals surface area contributed by atoms with Crippen LogP contribution >= 0.6 is 0 Å². The molecule has 3 nitrogen and oxygen atoms in total. The zero-order chi connectivity index (χ0) is 10.8. The van der Waals surface area contributed by atoms with Crippen LogP contribution in [0.15, 0.2) is 0 Å². The molecule has 0 radical (unpaired) electrons. The van der Waals surface area contributed by atoms with Gasteiger partial charge in [0.15, 0.2) is 0 Å². The van der Waals surface area contributed by atoms with Gasteiger partial charge >= 0.3 is 0 Å². The van der Waals surface area contributed by atoms with Crippen LogP contribution in [0.1, 0.15) is 40.0 Å². The van der Waals surface area contributed by atoms with E-state index in [4.69, 9.17) is 0 Å². The Morgan fingerprint density at radius 1 is 1.36 bits per heavy atom. The topological polar surface area (TPSA) is 60.4 Å². The van der Waals surface area contributed by atoms with Crippen molar-refractivity contribution in [1.29, 1.82) is 0 Å². The predicted molar refractivity (Wildman–Crippen MR) is 49.2 cm³/mol. The molecule has 3 heteroatoms. The van der Waals surface area contributed by atoms with Crippen LogP contribution in [0.5, 0.6) is 0 Å². The quantitative estimate of drug-likeness (QED) is 0.658. The van der Waals surface area contributed by atoms with Gasteiger partial charge in [-0.05, 0) is 30.1 Å². The lowest BCUT2D eigenvalue weighted by molar-refractivity contribution is -0.323. The van der Waals surface area contributed by atoms with Gasteiger partial charge in [-0.2, -0.15) is 0 Å². The first-order chi connectivity index (χ1) is 6.28. The summed E-state index contributed by atoms with van der Waals surface area (Å²) >= 11 is 0. The maximum absolute atomic E-state index is 11.3. The van der Waals surface area contributed by atoms with Gasteiger partial charge in [0, 0.05) is 11.4 Å². The minimum absolute atomic E-state index is 0.257. The molecule has 0 heterocycles. The number of aliphatic hydroxyl groups excluding tert-OH is 1. The van der Waals surface area contributed by atoms with Crippen LogP contribution in [0.2, 0.25) is 0 Å². The third kappa shape index (κ3) is 0.724. The molecule has 2 saturated carbocycles. The molecule has 14 heavy (non-hydrogen) atoms. The summed E-state index contributed by atoms with van der Waals surface area (Å²) in [6.07, 6.45) is 1.30. The summed E-state index contributed by atoms with van der Waals surface area (Å²) in [5.74, 6) is -0.984. The molecule has 0 unspecified atom stereocenters. The second kappa shape index (κ2) is 2.32. The SMILES string of the molecule is CC1(C)[C@@]2(C(=O)[O-])CC[C@]1(C)[C@@H](O)C2. The third-order valence-electron chi connectivity index (χ3n) is 5.36. The minimum atomic E-state index is -0.984. The fourth-order valence-corrected chi connectivity index (χ4v) is 3.58. The Balaban J connectivity index is 2.54. The highest BCUT2D eigenvalue weighted by Gasteiger charge is 2.69. The average Bonchev–Trinajstić information content (AvgIpc) is 2.34. The smallest absolute Gasteiger partial charge is 0.0608 e. The Bertz CT molecular complexity index is 297. The van der Waals surface area contributed by atoms with Gasteiger partial charge in [-0.25, -0.2) is 0 Å². The molecule has 0 aromatic rings. The number of carbonyl (C=O) groups excluding carboxylic acids is 1. The summed E-state index contributed by atoms with van der Waals surface area (Å²) in [4.78, 5) is 11.3. The van der Waals surface area contributed by atoms with E-state index in [-0.39, 0.29) is 10.8 Å². The van der Waals surface area contributed by atoms with E-state index in [0.717, 1.165) is 6.42 Å². The Morgan fingerprint density at radius 3 is 2.14 bits per heavy atom. The first-order valence-electron chi connectivity index (χ1n) is 5.17. The second-order valence-electron chi connectivity index (χ2n) is 5.63. The van der Waals surface area contributed by atoms with Crippen molar-refractivity contribution >= 4 is 5.97 Å². The molecule has 2 bridgehead atoms. The van der Waals surface area contributed by atoms with E-state index in [1.165, 1.54) is 0 Å². The van der Waals surface area contributed by atoms with Crippen molar-refractivity contribution in [1.82, 2.24) is 0 Å². The van der Waals surface area contributed by atoms with E-state index in [2.05, 4.69) is 0 Å². The molecule has 2 rings (SSSR count). The first-order valence-corrected chi connectivity index (χ1v) is 5.17. The van der Waals surface area contributed by atoms with Crippen molar-refractivity contribution in [2.24, 2.45) is 16.2 Å². The van der Waals surface area contributed by atoms with Crippen molar-refractivity contribution in [3.8, 4) is 0 Å². The maximum Gasteiger partial charge on any atom is 0.0608 e. The highest BCUT2D eigenvalue weighted by molar-refractivity contribution is 5.75. The van der Waals surface area contributed by atoms with Crippen LogP contribution in [0.4, 0.5) is 0 Å². The third-order valence-corrected chi connectivity index (χ3v) is 5.36. The average molecular weight is 197 g/mol. The number of rotatable bonds is 1. The van der Waals surface area contributed by atoms with Crippen LogP contribution in [0, 0.1) is 16.2 Å². The van der Waals surface area contributed by atoms with Crippen molar-refractivity contribution in [3.63, 3.8) is 0 Å². The molecular formula is C11H17O3-. The predicted octanol–water partition coefficient (Wildman–Crippen LogP) is 0.314. The van der Waals surface area contributed by atoms with Gasteiger partial charge in [0.1, 0.15) is 0 Å². The second-order valence-corrected chi connectivity index (χ2v) is 5.63. The number of hydrogen-bond acceptors (Lipinski definition) is 3. The summed E-state index contributed by atoms with van der Waals surface area (Å²) in [5, 5.41) is 21.2. The molecule has 1 N–H and O–H groups in total. The minimum Gasteiger partial charge on any atom is -0.550 e. The number of carbonyl (C=O) groups is 1. The molecule has 0 amide bonds. The van der Waals surface area contributed by atoms with Crippen molar-refractivity contribution in [2.75, 3.05) is 0 Å². The maximum atomic E-state index is 11.3. The van der Waals surface area contributed by atoms with Crippen molar-refractivity contribution in [2.45, 2.75) is 46.1 Å². The largest absolute Gasteiger partial charge is 0.550 e. The molecule has 3 atom stereocenters. The Labute approximate surface area is 84.1 Å². The summed E-state index contributed by atoms with van der Waals surface area (Å²) in [7, 11) is 0. The van der Waals surface area contributed by atoms with Gasteiger partial charge in [0.05, 0.1) is 6.10 Å². The van der Waals surface area contributed by atoms with Gasteiger partial charge in [-0.3, -0.25) is 0 Å². The van der Waals surface area contributed by atoms with Gasteiger partial charge in [-0.15, -0.1) is 0 Å². The molecule has 0 aromatic carbocycles. The number of aliphatic carboxylic acids is 1. The van der Waals surface area contributed by atoms with E-state index >= 15 is 0 Å². The Hall–Kier alpha value is -0.570. The van der Waals surface area contributed by atoms with Crippen LogP contribution < -0.4 is 5.11 Å². The standard InChI is InChI=1S/C11H18O3/c1-9(2)10(3)4-5-11(9,8(13)14)6-7(10)12/h7,12H,4-6H2,1-3H3,(H,13,14)/p-1/t7-,10+,11-/m0/s1. The van der Waals surface area contributed by atoms with Crippen LogP contribution in [-0.4, -0.2) is 17.2 Å². The molecule has 0 saturated heterocycles. The van der Waals surface area contributed by atoms with E-state index in [0.29, 0.717) is 12.8 Å². The molecule has 2 fully saturated rings. The van der Waals surface area contributed by atoms with Gasteiger partial charge < -0.3 is 15.0 Å². The number of hydrogen-bond donors (Lipinski definition) is 1. The van der Waals surface area contributed by atoms with E-state index < -0.39 is 17.5 Å². The zero-order valence-corrected chi connectivity index (χ0v) is 8.96. The molecule has 0 aromatic heterocycles. The van der Waals surface area contributed by atoms with Gasteiger partial charge in [0.25, 0.3) is 0 Å². The van der Waals surface area contributed by atoms with Crippen LogP contribution in [0.25, 0.3) is 0 Å². The van der Waals surface area contributed by atoms with E-state index in [1.54, 1.807) is 0 Å². The molecule has 80 valence electrons.